The Hall–Kier alpha value is -1.78. The van der Waals surface area contributed by atoms with Crippen molar-refractivity contribution in [1.82, 2.24) is 4.98 Å². The molecule has 0 aliphatic carbocycles. The average Bonchev–Trinajstić information content (AvgIpc) is 1.94. The fraction of sp³-hybridized carbons (Fsp3) is 0. The molecule has 11 heavy (non-hydrogen) atoms. The lowest BCUT2D eigenvalue weighted by atomic mass is 10.3. The third-order valence-electron chi connectivity index (χ3n) is 1.21. The van der Waals surface area contributed by atoms with E-state index in [4.69, 9.17) is 17.2 Å². The number of anilines is 2. The van der Waals surface area contributed by atoms with Gasteiger partial charge in [0.2, 0.25) is 0 Å². The Morgan fingerprint density at radius 1 is 1.36 bits per heavy atom. The Kier molecular flexibility index (Phi) is 1.63. The van der Waals surface area contributed by atoms with Crippen LogP contribution in [0.1, 0.15) is 10.5 Å². The van der Waals surface area contributed by atoms with E-state index in [0.717, 1.165) is 0 Å². The van der Waals surface area contributed by atoms with Crippen LogP contribution in [0.2, 0.25) is 0 Å². The first-order valence-corrected chi connectivity index (χ1v) is 2.93. The number of aromatic nitrogens is 1. The molecule has 1 aromatic heterocycles. The highest BCUT2D eigenvalue weighted by Gasteiger charge is 2.03. The van der Waals surface area contributed by atoms with Gasteiger partial charge in [0.25, 0.3) is 5.91 Å². The molecule has 0 fully saturated rings. The molecular formula is C6H8N4O. The van der Waals surface area contributed by atoms with E-state index in [1.54, 1.807) is 0 Å². The van der Waals surface area contributed by atoms with Gasteiger partial charge >= 0.3 is 0 Å². The van der Waals surface area contributed by atoms with Crippen LogP contribution in [0.25, 0.3) is 0 Å². The first kappa shape index (κ1) is 7.33. The summed E-state index contributed by atoms with van der Waals surface area (Å²) in [6.07, 6.45) is 0. The topological polar surface area (TPSA) is 108 Å². The lowest BCUT2D eigenvalue weighted by Crippen LogP contribution is -2.14. The molecule has 5 nitrogen and oxygen atoms in total. The summed E-state index contributed by atoms with van der Waals surface area (Å²) in [4.78, 5) is 14.2. The molecule has 1 rings (SSSR count). The molecule has 0 aliphatic rings. The van der Waals surface area contributed by atoms with Crippen LogP contribution in [-0.4, -0.2) is 10.9 Å². The zero-order valence-electron chi connectivity index (χ0n) is 5.74. The molecule has 0 atom stereocenters. The SMILES string of the molecule is NC(=O)c1ccc(N)c(N)n1. The molecule has 0 aliphatic heterocycles. The summed E-state index contributed by atoms with van der Waals surface area (Å²) in [5, 5.41) is 0. The third kappa shape index (κ3) is 1.37. The summed E-state index contributed by atoms with van der Waals surface area (Å²) >= 11 is 0. The Labute approximate surface area is 63.2 Å². The summed E-state index contributed by atoms with van der Waals surface area (Å²) in [6.45, 7) is 0. The molecule has 5 heteroatoms. The number of nitrogen functional groups attached to an aromatic ring is 2. The lowest BCUT2D eigenvalue weighted by Gasteiger charge is -1.99. The van der Waals surface area contributed by atoms with Gasteiger partial charge in [-0.15, -0.1) is 0 Å². The van der Waals surface area contributed by atoms with Crippen molar-refractivity contribution >= 4 is 17.4 Å². The van der Waals surface area contributed by atoms with Crippen molar-refractivity contribution < 1.29 is 4.79 Å². The van der Waals surface area contributed by atoms with Crippen LogP contribution in [0, 0.1) is 0 Å². The standard InChI is InChI=1S/C6H8N4O/c7-3-1-2-4(6(9)11)10-5(3)8/h1-2H,7H2,(H2,8,10)(H2,9,11). The zero-order chi connectivity index (χ0) is 8.43. The van der Waals surface area contributed by atoms with E-state index in [9.17, 15) is 4.79 Å². The van der Waals surface area contributed by atoms with E-state index in [0.29, 0.717) is 5.69 Å². The number of hydrogen-bond donors (Lipinski definition) is 3. The maximum Gasteiger partial charge on any atom is 0.267 e. The number of primary amides is 1. The maximum absolute atomic E-state index is 10.5. The van der Waals surface area contributed by atoms with Gasteiger partial charge in [-0.2, -0.15) is 0 Å². The van der Waals surface area contributed by atoms with Crippen LogP contribution in [0.4, 0.5) is 11.5 Å². The van der Waals surface area contributed by atoms with Crippen LogP contribution >= 0.6 is 0 Å². The Bertz CT molecular complexity index is 297. The third-order valence-corrected chi connectivity index (χ3v) is 1.21. The van der Waals surface area contributed by atoms with Gasteiger partial charge in [0.1, 0.15) is 11.5 Å². The summed E-state index contributed by atoms with van der Waals surface area (Å²) in [7, 11) is 0. The largest absolute Gasteiger partial charge is 0.396 e. The monoisotopic (exact) mass is 152 g/mol. The fourth-order valence-corrected chi connectivity index (χ4v) is 0.623. The molecular weight excluding hydrogens is 144 g/mol. The first-order chi connectivity index (χ1) is 5.11. The summed E-state index contributed by atoms with van der Waals surface area (Å²) < 4.78 is 0. The van der Waals surface area contributed by atoms with Gasteiger partial charge in [-0.05, 0) is 12.1 Å². The van der Waals surface area contributed by atoms with Crippen LogP contribution in [-0.2, 0) is 0 Å². The van der Waals surface area contributed by atoms with Crippen molar-refractivity contribution in [3.8, 4) is 0 Å². The molecule has 0 radical (unpaired) electrons. The number of carbonyl (C=O) groups is 1. The minimum Gasteiger partial charge on any atom is -0.396 e. The van der Waals surface area contributed by atoms with Gasteiger partial charge < -0.3 is 17.2 Å². The molecule has 1 aromatic rings. The van der Waals surface area contributed by atoms with Gasteiger partial charge in [0.15, 0.2) is 0 Å². The zero-order valence-corrected chi connectivity index (χ0v) is 5.74. The second-order valence-corrected chi connectivity index (χ2v) is 2.04. The Balaban J connectivity index is 3.15. The van der Waals surface area contributed by atoms with E-state index >= 15 is 0 Å². The molecule has 0 spiro atoms. The molecule has 0 saturated carbocycles. The molecule has 1 heterocycles. The van der Waals surface area contributed by atoms with Gasteiger partial charge in [0, 0.05) is 0 Å². The molecule has 58 valence electrons. The molecule has 0 bridgehead atoms. The van der Waals surface area contributed by atoms with Crippen molar-refractivity contribution in [3.63, 3.8) is 0 Å². The molecule has 1 amide bonds. The predicted octanol–water partition coefficient (Wildman–Crippen LogP) is -0.655. The van der Waals surface area contributed by atoms with E-state index in [2.05, 4.69) is 4.98 Å². The highest BCUT2D eigenvalue weighted by Crippen LogP contribution is 2.10. The second kappa shape index (κ2) is 2.45. The average molecular weight is 152 g/mol. The Morgan fingerprint density at radius 2 is 2.00 bits per heavy atom. The number of hydrogen-bond acceptors (Lipinski definition) is 4. The van der Waals surface area contributed by atoms with E-state index < -0.39 is 5.91 Å². The van der Waals surface area contributed by atoms with Crippen LogP contribution in [0.3, 0.4) is 0 Å². The number of nitrogens with zero attached hydrogens (tertiary/aromatic N) is 1. The minimum absolute atomic E-state index is 0.122. The van der Waals surface area contributed by atoms with E-state index in [-0.39, 0.29) is 11.5 Å². The molecule has 0 saturated heterocycles. The van der Waals surface area contributed by atoms with Gasteiger partial charge in [-0.3, -0.25) is 4.79 Å². The van der Waals surface area contributed by atoms with Crippen molar-refractivity contribution in [2.24, 2.45) is 5.73 Å². The highest BCUT2D eigenvalue weighted by molar-refractivity contribution is 5.91. The molecule has 0 aromatic carbocycles. The predicted molar refractivity (Wildman–Crippen MR) is 41.6 cm³/mol. The van der Waals surface area contributed by atoms with Crippen molar-refractivity contribution in [1.29, 1.82) is 0 Å². The van der Waals surface area contributed by atoms with Gasteiger partial charge in [-0.1, -0.05) is 0 Å². The second-order valence-electron chi connectivity index (χ2n) is 2.04. The number of nitrogens with two attached hydrogens (primary N) is 3. The quantitative estimate of drug-likeness (QED) is 0.496. The Morgan fingerprint density at radius 3 is 2.45 bits per heavy atom. The summed E-state index contributed by atoms with van der Waals surface area (Å²) in [5.74, 6) is -0.488. The smallest absolute Gasteiger partial charge is 0.267 e. The van der Waals surface area contributed by atoms with Crippen molar-refractivity contribution in [2.75, 3.05) is 11.5 Å². The lowest BCUT2D eigenvalue weighted by molar-refractivity contribution is 0.0996. The fourth-order valence-electron chi connectivity index (χ4n) is 0.623. The minimum atomic E-state index is -0.614. The van der Waals surface area contributed by atoms with Crippen molar-refractivity contribution in [3.05, 3.63) is 17.8 Å². The van der Waals surface area contributed by atoms with Gasteiger partial charge in [0.05, 0.1) is 5.69 Å². The number of rotatable bonds is 1. The van der Waals surface area contributed by atoms with Crippen molar-refractivity contribution in [2.45, 2.75) is 0 Å². The van der Waals surface area contributed by atoms with Crippen LogP contribution in [0.15, 0.2) is 12.1 Å². The normalized spacial score (nSPS) is 9.45. The summed E-state index contributed by atoms with van der Waals surface area (Å²) in [5.41, 5.74) is 16.1. The van der Waals surface area contributed by atoms with Crippen LogP contribution in [0.5, 0.6) is 0 Å². The highest BCUT2D eigenvalue weighted by atomic mass is 16.1. The number of pyridine rings is 1. The summed E-state index contributed by atoms with van der Waals surface area (Å²) in [6, 6.07) is 2.91. The maximum atomic E-state index is 10.5. The van der Waals surface area contributed by atoms with Crippen LogP contribution < -0.4 is 17.2 Å². The van der Waals surface area contributed by atoms with Gasteiger partial charge in [-0.25, -0.2) is 4.98 Å². The number of amides is 1. The van der Waals surface area contributed by atoms with E-state index in [1.165, 1.54) is 12.1 Å². The van der Waals surface area contributed by atoms with E-state index in [1.807, 2.05) is 0 Å². The first-order valence-electron chi connectivity index (χ1n) is 2.93. The number of carbonyl (C=O) groups excluding carboxylic acids is 1. The molecule has 6 N–H and O–H groups in total. The molecule has 0 unspecified atom stereocenters.